The Morgan fingerprint density at radius 2 is 1.00 bits per heavy atom. The van der Waals surface area contributed by atoms with E-state index >= 15 is 0 Å². The molecule has 5 rings (SSSR count). The topological polar surface area (TPSA) is 593 Å². The van der Waals surface area contributed by atoms with Crippen molar-refractivity contribution in [1.29, 1.82) is 0 Å². The van der Waals surface area contributed by atoms with E-state index in [1.54, 1.807) is 13.8 Å². The standard InChI is InChI=1S/C67H112N22O16/c1-6-7-15-43(63(102)89-29-14-21-51(89)62(101)85-47(65(104)105)31-38(4)5)82-60(99)49-19-12-27-87(49)53(92)34-76-54(93)40(16-8-9-24-68)79-58(97)46(32-39-33-73-36-77-39)84-59(98)48(35-90)86-57(96)45(30-37(2)3)83-55(94)41(17-10-25-74-66(69)70)80-61(100)50-20-13-28-88(50)64(103)44(18-11-26-75-67(71)72)81-56(95)42-22-23-52(91)78-42/h33,36-38,40-51,90H,6-32,34-35,68H2,1-5H3,(H,73,77)(H,76,93)(H,78,91)(H,79,97)(H,80,100)(H,81,95)(H,82,99)(H,83,94)(H,84,98)(H,85,101)(H,86,96)(H,104,105)(H4,69,70,74)(H4,71,72,75)/t40-,41-,42-,43-,44-,45-,46-,47-,48-,49-,50-,51-/m0/s1. The maximum atomic E-state index is 14.5. The van der Waals surface area contributed by atoms with Crippen LogP contribution in [0.5, 0.6) is 0 Å². The summed E-state index contributed by atoms with van der Waals surface area (Å²) in [4.78, 5) is 212. The summed E-state index contributed by atoms with van der Waals surface area (Å²) in [5.74, 6) is -11.2. The third-order valence-corrected chi connectivity index (χ3v) is 18.5. The van der Waals surface area contributed by atoms with Crippen LogP contribution in [0.2, 0.25) is 0 Å². The molecule has 23 N–H and O–H groups in total. The van der Waals surface area contributed by atoms with Crippen molar-refractivity contribution in [3.05, 3.63) is 18.2 Å². The monoisotopic (exact) mass is 1480 g/mol. The number of carbonyl (C=O) groups excluding carboxylic acids is 13. The Kier molecular flexibility index (Phi) is 35.6. The molecular weight excluding hydrogens is 1370 g/mol. The first-order valence-electron chi connectivity index (χ1n) is 36.5. The number of aromatic amines is 1. The number of carbonyl (C=O) groups is 14. The summed E-state index contributed by atoms with van der Waals surface area (Å²) >= 11 is 0. The van der Waals surface area contributed by atoms with E-state index in [0.29, 0.717) is 50.6 Å². The van der Waals surface area contributed by atoms with E-state index in [2.05, 4.69) is 73.1 Å². The lowest BCUT2D eigenvalue weighted by atomic mass is 10.0. The molecule has 0 unspecified atom stereocenters. The fourth-order valence-corrected chi connectivity index (χ4v) is 13.1. The summed E-state index contributed by atoms with van der Waals surface area (Å²) in [6, 6.07) is -14.8. The van der Waals surface area contributed by atoms with Gasteiger partial charge in [-0.3, -0.25) is 72.3 Å². The van der Waals surface area contributed by atoms with Gasteiger partial charge in [0.15, 0.2) is 11.9 Å². The molecule has 5 heterocycles. The number of hydrogen-bond donors (Lipinski definition) is 18. The van der Waals surface area contributed by atoms with E-state index in [1.807, 2.05) is 20.8 Å². The Labute approximate surface area is 610 Å². The molecule has 586 valence electrons. The van der Waals surface area contributed by atoms with Crippen molar-refractivity contribution in [3.8, 4) is 0 Å². The Morgan fingerprint density at radius 1 is 0.552 bits per heavy atom. The van der Waals surface area contributed by atoms with E-state index in [9.17, 15) is 77.3 Å². The number of aliphatic imine (C=N–C) groups is 2. The van der Waals surface area contributed by atoms with Gasteiger partial charge in [-0.1, -0.05) is 47.5 Å². The number of rotatable bonds is 44. The molecule has 0 bridgehead atoms. The lowest BCUT2D eigenvalue weighted by Crippen LogP contribution is -2.61. The van der Waals surface area contributed by atoms with Crippen LogP contribution in [-0.4, -0.2) is 254 Å². The molecular formula is C67H112N22O16. The largest absolute Gasteiger partial charge is 0.480 e. The highest BCUT2D eigenvalue weighted by molar-refractivity contribution is 6.00. The van der Waals surface area contributed by atoms with Gasteiger partial charge in [0.1, 0.15) is 72.5 Å². The zero-order chi connectivity index (χ0) is 77.4. The van der Waals surface area contributed by atoms with E-state index < -0.39 is 163 Å². The molecule has 4 saturated heterocycles. The average Bonchev–Trinajstić information content (AvgIpc) is 1.73. The molecule has 1 aromatic heterocycles. The maximum Gasteiger partial charge on any atom is 0.326 e. The predicted octanol–water partition coefficient (Wildman–Crippen LogP) is -5.21. The van der Waals surface area contributed by atoms with E-state index in [4.69, 9.17) is 28.7 Å². The van der Waals surface area contributed by atoms with Gasteiger partial charge in [0.2, 0.25) is 76.8 Å². The van der Waals surface area contributed by atoms with Crippen LogP contribution in [0.25, 0.3) is 0 Å². The number of aromatic nitrogens is 2. The number of amides is 13. The Bertz CT molecular complexity index is 3200. The number of nitrogens with two attached hydrogens (primary N) is 5. The molecule has 4 aliphatic heterocycles. The normalized spacial score (nSPS) is 19.3. The van der Waals surface area contributed by atoms with E-state index in [1.165, 1.54) is 27.2 Å². The molecule has 13 amide bonds. The van der Waals surface area contributed by atoms with Gasteiger partial charge in [0.05, 0.1) is 19.5 Å². The third kappa shape index (κ3) is 27.7. The molecule has 0 spiro atoms. The Balaban J connectivity index is 1.27. The highest BCUT2D eigenvalue weighted by atomic mass is 16.4. The second-order valence-corrected chi connectivity index (χ2v) is 27.9. The van der Waals surface area contributed by atoms with Crippen molar-refractivity contribution in [2.24, 2.45) is 50.5 Å². The minimum Gasteiger partial charge on any atom is -0.480 e. The molecule has 105 heavy (non-hydrogen) atoms. The number of nitrogens with zero attached hydrogens (tertiary/aromatic N) is 6. The van der Waals surface area contributed by atoms with Crippen molar-refractivity contribution in [2.45, 2.75) is 242 Å². The van der Waals surface area contributed by atoms with Crippen molar-refractivity contribution >= 4 is 94.7 Å². The average molecular weight is 1480 g/mol. The fourth-order valence-electron chi connectivity index (χ4n) is 13.1. The summed E-state index contributed by atoms with van der Waals surface area (Å²) in [5, 5.41) is 46.9. The van der Waals surface area contributed by atoms with Crippen LogP contribution in [0.4, 0.5) is 0 Å². The number of aliphatic hydroxyl groups excluding tert-OH is 1. The molecule has 12 atom stereocenters. The minimum absolute atomic E-state index is 0.0000729. The number of H-pyrrole nitrogens is 1. The molecule has 38 nitrogen and oxygen atoms in total. The van der Waals surface area contributed by atoms with E-state index in [-0.39, 0.29) is 159 Å². The third-order valence-electron chi connectivity index (χ3n) is 18.5. The summed E-state index contributed by atoms with van der Waals surface area (Å²) in [5.41, 5.74) is 28.3. The molecule has 4 aliphatic rings. The number of nitrogens with one attached hydrogen (secondary N) is 11. The lowest BCUT2D eigenvalue weighted by molar-refractivity contribution is -0.145. The van der Waals surface area contributed by atoms with Gasteiger partial charge in [-0.2, -0.15) is 0 Å². The van der Waals surface area contributed by atoms with Gasteiger partial charge in [-0.25, -0.2) is 9.78 Å². The Morgan fingerprint density at radius 3 is 1.50 bits per heavy atom. The van der Waals surface area contributed by atoms with Crippen molar-refractivity contribution < 1.29 is 77.3 Å². The van der Waals surface area contributed by atoms with E-state index in [0.717, 1.165) is 0 Å². The second-order valence-electron chi connectivity index (χ2n) is 27.9. The summed E-state index contributed by atoms with van der Waals surface area (Å²) in [7, 11) is 0. The van der Waals surface area contributed by atoms with Crippen LogP contribution in [0.3, 0.4) is 0 Å². The highest BCUT2D eigenvalue weighted by Crippen LogP contribution is 2.25. The Hall–Kier alpha value is -9.75. The smallest absolute Gasteiger partial charge is 0.326 e. The summed E-state index contributed by atoms with van der Waals surface area (Å²) in [6.45, 7) is 8.20. The molecule has 0 radical (unpaired) electrons. The van der Waals surface area contributed by atoms with Gasteiger partial charge < -0.3 is 112 Å². The van der Waals surface area contributed by atoms with Gasteiger partial charge >= 0.3 is 5.97 Å². The van der Waals surface area contributed by atoms with Gasteiger partial charge in [0.25, 0.3) is 0 Å². The number of imidazole rings is 1. The van der Waals surface area contributed by atoms with Crippen LogP contribution in [0.15, 0.2) is 22.5 Å². The minimum atomic E-state index is -1.77. The molecule has 38 heteroatoms. The molecule has 0 aliphatic carbocycles. The fraction of sp³-hybridized carbons (Fsp3) is 0.716. The zero-order valence-corrected chi connectivity index (χ0v) is 60.9. The number of unbranched alkanes of at least 4 members (excludes halogenated alkanes) is 2. The van der Waals surface area contributed by atoms with Gasteiger partial charge in [-0.05, 0) is 128 Å². The molecule has 1 aromatic rings. The first-order valence-corrected chi connectivity index (χ1v) is 36.5. The summed E-state index contributed by atoms with van der Waals surface area (Å²) < 4.78 is 0. The first-order chi connectivity index (χ1) is 50.0. The van der Waals surface area contributed by atoms with Crippen LogP contribution in [0, 0.1) is 11.8 Å². The number of hydrogen-bond acceptors (Lipinski definition) is 19. The highest BCUT2D eigenvalue weighted by Gasteiger charge is 2.44. The SMILES string of the molecule is CCCC[C@H](NC(=O)[C@@H]1CCCN1C(=O)CNC(=O)[C@H](CCCCN)NC(=O)[C@H](Cc1cnc[nH]1)NC(=O)[C@H](CO)NC(=O)[C@H](CC(C)C)NC(=O)[C@H](CCCN=C(N)N)NC(=O)[C@@H]1CCCN1C(=O)[C@H](CCCN=C(N)N)NC(=O)[C@@H]1CCC(=O)N1)C(=O)N1CCC[C@H]1C(=O)N[C@@H](CC(C)C)C(=O)O. The number of aliphatic hydroxyl groups is 1. The second kappa shape index (κ2) is 43.5. The van der Waals surface area contributed by atoms with Gasteiger partial charge in [-0.15, -0.1) is 0 Å². The van der Waals surface area contributed by atoms with Crippen molar-refractivity contribution in [3.63, 3.8) is 0 Å². The summed E-state index contributed by atoms with van der Waals surface area (Å²) in [6.07, 6.45) is 7.30. The number of likely N-dealkylation sites (tertiary alicyclic amines) is 3. The molecule has 4 fully saturated rings. The maximum absolute atomic E-state index is 14.5. The number of carboxylic acid groups (broad SMARTS) is 1. The number of carboxylic acids is 1. The van der Waals surface area contributed by atoms with Crippen LogP contribution >= 0.6 is 0 Å². The zero-order valence-electron chi connectivity index (χ0n) is 60.9. The first kappa shape index (κ1) is 85.9. The number of aliphatic carboxylic acids is 1. The lowest BCUT2D eigenvalue weighted by Gasteiger charge is -2.31. The van der Waals surface area contributed by atoms with Crippen LogP contribution < -0.4 is 81.8 Å². The van der Waals surface area contributed by atoms with Crippen molar-refractivity contribution in [1.82, 2.24) is 77.8 Å². The quantitative estimate of drug-likeness (QED) is 0.0165. The van der Waals surface area contributed by atoms with Crippen LogP contribution in [-0.2, 0) is 73.5 Å². The number of guanidine groups is 2. The van der Waals surface area contributed by atoms with Crippen LogP contribution in [0.1, 0.15) is 169 Å². The van der Waals surface area contributed by atoms with Crippen molar-refractivity contribution in [2.75, 3.05) is 52.4 Å². The molecule has 0 saturated carbocycles. The predicted molar refractivity (Wildman–Crippen MR) is 382 cm³/mol. The van der Waals surface area contributed by atoms with Gasteiger partial charge in [0, 0.05) is 57.5 Å². The molecule has 0 aromatic carbocycles.